The van der Waals surface area contributed by atoms with Crippen molar-refractivity contribution in [2.45, 2.75) is 19.3 Å². The molecule has 0 saturated carbocycles. The molecule has 2 rings (SSSR count). The number of thioether (sulfide) groups is 1. The van der Waals surface area contributed by atoms with Crippen LogP contribution in [0.15, 0.2) is 29.3 Å². The Kier molecular flexibility index (Phi) is 7.64. The molecule has 0 aliphatic carbocycles. The van der Waals surface area contributed by atoms with Crippen LogP contribution in [0.2, 0.25) is 5.02 Å². The summed E-state index contributed by atoms with van der Waals surface area (Å²) in [7, 11) is 0. The zero-order valence-electron chi connectivity index (χ0n) is 12.5. The van der Waals surface area contributed by atoms with Crippen molar-refractivity contribution in [3.05, 3.63) is 34.9 Å². The molecule has 1 saturated heterocycles. The minimum absolute atomic E-state index is 0. The molecule has 1 aromatic carbocycles. The molecule has 2 N–H and O–H groups in total. The molecule has 1 heterocycles. The van der Waals surface area contributed by atoms with Crippen LogP contribution >= 0.6 is 47.3 Å². The number of hydrogen-bond donors (Lipinski definition) is 1. The zero-order chi connectivity index (χ0) is 14.6. The van der Waals surface area contributed by atoms with Crippen LogP contribution in [0, 0.1) is 0 Å². The standard InChI is InChI=1S/C15H22ClN3S.HI/c1-15(2,12-4-3-5-13(16)10-12)11-18-14(17)19-6-8-20-9-7-19;/h3-5,10H,6-9,11H2,1-2H3,(H2,17,18);1H. The van der Waals surface area contributed by atoms with Gasteiger partial charge >= 0.3 is 0 Å². The number of guanidine groups is 1. The van der Waals surface area contributed by atoms with Crippen molar-refractivity contribution in [3.8, 4) is 0 Å². The lowest BCUT2D eigenvalue weighted by Gasteiger charge is -2.29. The smallest absolute Gasteiger partial charge is 0.191 e. The number of benzene rings is 1. The highest BCUT2D eigenvalue weighted by Gasteiger charge is 2.21. The maximum absolute atomic E-state index is 6.10. The van der Waals surface area contributed by atoms with Crippen LogP contribution in [0.5, 0.6) is 0 Å². The molecule has 1 aromatic rings. The molecule has 0 spiro atoms. The first kappa shape index (κ1) is 18.9. The minimum atomic E-state index is -0.0694. The molecule has 21 heavy (non-hydrogen) atoms. The van der Waals surface area contributed by atoms with Gasteiger partial charge in [-0.2, -0.15) is 11.8 Å². The summed E-state index contributed by atoms with van der Waals surface area (Å²) in [5.74, 6) is 2.93. The molecule has 0 bridgehead atoms. The predicted octanol–water partition coefficient (Wildman–Crippen LogP) is 3.60. The Hall–Kier alpha value is -0.140. The van der Waals surface area contributed by atoms with Gasteiger partial charge in [0.25, 0.3) is 0 Å². The third-order valence-electron chi connectivity index (χ3n) is 3.58. The van der Waals surface area contributed by atoms with Gasteiger partial charge in [0.05, 0.1) is 6.54 Å². The van der Waals surface area contributed by atoms with Gasteiger partial charge in [-0.25, -0.2) is 0 Å². The van der Waals surface area contributed by atoms with Gasteiger partial charge in [-0.3, -0.25) is 4.99 Å². The SMILES string of the molecule is CC(C)(CN=C(N)N1CCSCC1)c1cccc(Cl)c1.I. The lowest BCUT2D eigenvalue weighted by molar-refractivity contribution is 0.449. The fourth-order valence-electron chi connectivity index (χ4n) is 2.17. The second-order valence-corrected chi connectivity index (χ2v) is 7.33. The molecule has 0 radical (unpaired) electrons. The van der Waals surface area contributed by atoms with Gasteiger partial charge in [0.2, 0.25) is 0 Å². The summed E-state index contributed by atoms with van der Waals surface area (Å²) in [6, 6.07) is 7.97. The summed E-state index contributed by atoms with van der Waals surface area (Å²) in [6.07, 6.45) is 0. The monoisotopic (exact) mass is 439 g/mol. The third-order valence-corrected chi connectivity index (χ3v) is 4.76. The Morgan fingerprint density at radius 3 is 2.67 bits per heavy atom. The summed E-state index contributed by atoms with van der Waals surface area (Å²) in [4.78, 5) is 6.76. The van der Waals surface area contributed by atoms with Crippen molar-refractivity contribution in [3.63, 3.8) is 0 Å². The molecule has 1 fully saturated rings. The summed E-state index contributed by atoms with van der Waals surface area (Å²) in [6.45, 7) is 7.00. The highest BCUT2D eigenvalue weighted by Crippen LogP contribution is 2.26. The lowest BCUT2D eigenvalue weighted by Crippen LogP contribution is -2.43. The van der Waals surface area contributed by atoms with Gasteiger partial charge in [0.1, 0.15) is 0 Å². The molecule has 1 aliphatic rings. The van der Waals surface area contributed by atoms with Crippen LogP contribution < -0.4 is 5.73 Å². The molecule has 6 heteroatoms. The van der Waals surface area contributed by atoms with Crippen molar-refractivity contribution in [2.75, 3.05) is 31.1 Å². The predicted molar refractivity (Wildman–Crippen MR) is 105 cm³/mol. The molecule has 0 atom stereocenters. The highest BCUT2D eigenvalue weighted by molar-refractivity contribution is 14.0. The quantitative estimate of drug-likeness (QED) is 0.444. The van der Waals surface area contributed by atoms with E-state index in [4.69, 9.17) is 17.3 Å². The first-order valence-electron chi connectivity index (χ1n) is 6.88. The van der Waals surface area contributed by atoms with Crippen molar-refractivity contribution in [2.24, 2.45) is 10.7 Å². The van der Waals surface area contributed by atoms with E-state index in [1.54, 1.807) is 0 Å². The molecule has 3 nitrogen and oxygen atoms in total. The topological polar surface area (TPSA) is 41.6 Å². The molecule has 0 aromatic heterocycles. The molecule has 1 aliphatic heterocycles. The van der Waals surface area contributed by atoms with Gasteiger partial charge in [-0.05, 0) is 17.7 Å². The number of nitrogens with two attached hydrogens (primary N) is 1. The van der Waals surface area contributed by atoms with E-state index in [-0.39, 0.29) is 29.4 Å². The van der Waals surface area contributed by atoms with Crippen LogP contribution in [0.25, 0.3) is 0 Å². The van der Waals surface area contributed by atoms with Gasteiger partial charge in [0, 0.05) is 35.0 Å². The number of hydrogen-bond acceptors (Lipinski definition) is 2. The first-order valence-corrected chi connectivity index (χ1v) is 8.41. The Bertz CT molecular complexity index is 488. The maximum atomic E-state index is 6.10. The summed E-state index contributed by atoms with van der Waals surface area (Å²) < 4.78 is 0. The van der Waals surface area contributed by atoms with Crippen molar-refractivity contribution < 1.29 is 0 Å². The second-order valence-electron chi connectivity index (χ2n) is 5.67. The molecule has 0 unspecified atom stereocenters. The van der Waals surface area contributed by atoms with E-state index in [1.807, 2.05) is 30.0 Å². The summed E-state index contributed by atoms with van der Waals surface area (Å²) in [5.41, 5.74) is 7.23. The molecular formula is C15H23ClIN3S. The van der Waals surface area contributed by atoms with E-state index in [9.17, 15) is 0 Å². The summed E-state index contributed by atoms with van der Waals surface area (Å²) >= 11 is 8.04. The van der Waals surface area contributed by atoms with Crippen LogP contribution in [-0.4, -0.2) is 42.0 Å². The van der Waals surface area contributed by atoms with Crippen molar-refractivity contribution in [1.82, 2.24) is 4.90 Å². The average molecular weight is 440 g/mol. The maximum Gasteiger partial charge on any atom is 0.191 e. The molecule has 0 amide bonds. The Balaban J connectivity index is 0.00000220. The number of nitrogens with zero attached hydrogens (tertiary/aromatic N) is 2. The van der Waals surface area contributed by atoms with Gasteiger partial charge in [0.15, 0.2) is 5.96 Å². The van der Waals surface area contributed by atoms with Crippen molar-refractivity contribution >= 4 is 53.3 Å². The second kappa shape index (κ2) is 8.48. The van der Waals surface area contributed by atoms with Gasteiger partial charge in [-0.15, -0.1) is 24.0 Å². The molecule has 118 valence electrons. The van der Waals surface area contributed by atoms with Crippen LogP contribution in [0.1, 0.15) is 19.4 Å². The fraction of sp³-hybridized carbons (Fsp3) is 0.533. The fourth-order valence-corrected chi connectivity index (χ4v) is 3.27. The van der Waals surface area contributed by atoms with E-state index in [0.29, 0.717) is 12.5 Å². The van der Waals surface area contributed by atoms with E-state index < -0.39 is 0 Å². The normalized spacial score (nSPS) is 16.5. The number of halogens is 2. The van der Waals surface area contributed by atoms with E-state index in [1.165, 1.54) is 5.56 Å². The Morgan fingerprint density at radius 1 is 1.38 bits per heavy atom. The first-order chi connectivity index (χ1) is 9.49. The van der Waals surface area contributed by atoms with Crippen molar-refractivity contribution in [1.29, 1.82) is 0 Å². The van der Waals surface area contributed by atoms with Crippen LogP contribution in [0.3, 0.4) is 0 Å². The summed E-state index contributed by atoms with van der Waals surface area (Å²) in [5, 5.41) is 0.764. The van der Waals surface area contributed by atoms with Gasteiger partial charge in [-0.1, -0.05) is 37.6 Å². The number of aliphatic imine (C=N–C) groups is 1. The highest BCUT2D eigenvalue weighted by atomic mass is 127. The largest absolute Gasteiger partial charge is 0.370 e. The van der Waals surface area contributed by atoms with E-state index >= 15 is 0 Å². The Morgan fingerprint density at radius 2 is 2.05 bits per heavy atom. The van der Waals surface area contributed by atoms with Crippen LogP contribution in [0.4, 0.5) is 0 Å². The van der Waals surface area contributed by atoms with Crippen LogP contribution in [-0.2, 0) is 5.41 Å². The third kappa shape index (κ3) is 5.53. The molecular weight excluding hydrogens is 417 g/mol. The number of rotatable bonds is 3. The zero-order valence-corrected chi connectivity index (χ0v) is 16.4. The lowest BCUT2D eigenvalue weighted by atomic mass is 9.85. The minimum Gasteiger partial charge on any atom is -0.370 e. The average Bonchev–Trinajstić information content (AvgIpc) is 2.46. The van der Waals surface area contributed by atoms with E-state index in [0.717, 1.165) is 29.6 Å². The van der Waals surface area contributed by atoms with E-state index in [2.05, 4.69) is 29.8 Å². The van der Waals surface area contributed by atoms with Gasteiger partial charge < -0.3 is 10.6 Å². The Labute approximate surface area is 153 Å².